The number of fused-ring (bicyclic) bond motifs is 1. The number of benzene rings is 1. The van der Waals surface area contributed by atoms with Crippen molar-refractivity contribution in [2.75, 3.05) is 17.0 Å². The molecule has 0 bridgehead atoms. The van der Waals surface area contributed by atoms with Crippen LogP contribution in [0.3, 0.4) is 0 Å². The van der Waals surface area contributed by atoms with Crippen LogP contribution < -0.4 is 16.0 Å². The number of aryl methyl sites for hydroxylation is 1. The van der Waals surface area contributed by atoms with E-state index in [0.29, 0.717) is 11.0 Å². The number of hydrazine groups is 2. The first-order valence-corrected chi connectivity index (χ1v) is 6.59. The molecule has 3 rings (SSSR count). The molecule has 1 heterocycles. The Balaban J connectivity index is 1.93. The molecule has 0 unspecified atom stereocenters. The Bertz CT molecular complexity index is 494. The van der Waals surface area contributed by atoms with Crippen LogP contribution in [0.4, 0.5) is 15.8 Å². The second kappa shape index (κ2) is 3.85. The average Bonchev–Trinajstić information content (AvgIpc) is 2.67. The maximum Gasteiger partial charge on any atom is 0.131 e. The number of halogens is 1. The molecule has 1 aliphatic carbocycles. The van der Waals surface area contributed by atoms with Gasteiger partial charge in [-0.15, -0.1) is 5.53 Å². The fraction of sp³-hybridized carbons (Fsp3) is 0.571. The Kier molecular flexibility index (Phi) is 2.52. The highest BCUT2D eigenvalue weighted by Gasteiger charge is 2.36. The molecule has 0 aromatic heterocycles. The monoisotopic (exact) mass is 249 g/mol. The van der Waals surface area contributed by atoms with E-state index in [1.54, 1.807) is 6.92 Å². The van der Waals surface area contributed by atoms with Gasteiger partial charge in [-0.2, -0.15) is 0 Å². The highest BCUT2D eigenvalue weighted by atomic mass is 19.1. The van der Waals surface area contributed by atoms with Crippen molar-refractivity contribution in [2.45, 2.75) is 40.0 Å². The van der Waals surface area contributed by atoms with Crippen molar-refractivity contribution in [1.29, 1.82) is 0 Å². The number of nitrogens with one attached hydrogen (secondary N) is 2. The highest BCUT2D eigenvalue weighted by molar-refractivity contribution is 5.77. The molecule has 1 saturated carbocycles. The van der Waals surface area contributed by atoms with Gasteiger partial charge in [0.2, 0.25) is 0 Å². The Hall–Kier alpha value is -1.29. The fourth-order valence-corrected chi connectivity index (χ4v) is 3.02. The molecule has 3 nitrogen and oxygen atoms in total. The SMILES string of the molecule is Cc1cc2c(c(C)c1F)N(CC1(C)CCC1)NN2. The minimum atomic E-state index is -0.0944. The Morgan fingerprint density at radius 2 is 2.11 bits per heavy atom. The summed E-state index contributed by atoms with van der Waals surface area (Å²) in [5, 5.41) is 2.06. The van der Waals surface area contributed by atoms with Crippen molar-refractivity contribution in [3.8, 4) is 0 Å². The van der Waals surface area contributed by atoms with Crippen molar-refractivity contribution in [1.82, 2.24) is 5.53 Å². The van der Waals surface area contributed by atoms with Crippen LogP contribution in [0.25, 0.3) is 0 Å². The van der Waals surface area contributed by atoms with Gasteiger partial charge in [0.25, 0.3) is 0 Å². The van der Waals surface area contributed by atoms with Crippen LogP contribution >= 0.6 is 0 Å². The van der Waals surface area contributed by atoms with Crippen molar-refractivity contribution in [2.24, 2.45) is 5.41 Å². The quantitative estimate of drug-likeness (QED) is 0.842. The smallest absolute Gasteiger partial charge is 0.131 e. The molecule has 1 aliphatic heterocycles. The second-order valence-corrected chi connectivity index (χ2v) is 6.02. The fourth-order valence-electron chi connectivity index (χ4n) is 3.02. The summed E-state index contributed by atoms with van der Waals surface area (Å²) in [6, 6.07) is 1.87. The third-order valence-corrected chi connectivity index (χ3v) is 4.34. The van der Waals surface area contributed by atoms with Gasteiger partial charge < -0.3 is 5.43 Å². The van der Waals surface area contributed by atoms with E-state index in [9.17, 15) is 4.39 Å². The summed E-state index contributed by atoms with van der Waals surface area (Å²) >= 11 is 0. The van der Waals surface area contributed by atoms with Gasteiger partial charge in [-0.05, 0) is 43.7 Å². The van der Waals surface area contributed by atoms with E-state index < -0.39 is 0 Å². The van der Waals surface area contributed by atoms with Crippen LogP contribution in [0, 0.1) is 25.1 Å². The number of anilines is 2. The highest BCUT2D eigenvalue weighted by Crippen LogP contribution is 2.44. The van der Waals surface area contributed by atoms with Crippen molar-refractivity contribution in [3.05, 3.63) is 23.0 Å². The maximum absolute atomic E-state index is 14.0. The molecule has 0 saturated heterocycles. The largest absolute Gasteiger partial charge is 0.302 e. The van der Waals surface area contributed by atoms with Gasteiger partial charge >= 0.3 is 0 Å². The zero-order valence-corrected chi connectivity index (χ0v) is 11.2. The molecule has 2 N–H and O–H groups in total. The molecule has 0 amide bonds. The van der Waals surface area contributed by atoms with Gasteiger partial charge in [0.1, 0.15) is 5.82 Å². The van der Waals surface area contributed by atoms with Crippen LogP contribution in [-0.4, -0.2) is 6.54 Å². The summed E-state index contributed by atoms with van der Waals surface area (Å²) in [6.45, 7) is 6.89. The predicted octanol–water partition coefficient (Wildman–Crippen LogP) is 3.28. The first-order chi connectivity index (χ1) is 8.50. The molecular weight excluding hydrogens is 229 g/mol. The van der Waals surface area contributed by atoms with Crippen LogP contribution in [0.15, 0.2) is 6.07 Å². The Morgan fingerprint density at radius 3 is 2.72 bits per heavy atom. The molecular formula is C14H20FN3. The molecule has 0 spiro atoms. The van der Waals surface area contributed by atoms with E-state index in [4.69, 9.17) is 0 Å². The normalized spacial score (nSPS) is 20.3. The molecule has 0 atom stereocenters. The molecule has 1 aromatic carbocycles. The minimum absolute atomic E-state index is 0.0944. The number of rotatable bonds is 2. The third kappa shape index (κ3) is 1.67. The van der Waals surface area contributed by atoms with E-state index in [-0.39, 0.29) is 5.82 Å². The maximum atomic E-state index is 14.0. The van der Waals surface area contributed by atoms with Crippen LogP contribution in [0.1, 0.15) is 37.3 Å². The first kappa shape index (κ1) is 11.8. The molecule has 4 heteroatoms. The number of hydrogen-bond acceptors (Lipinski definition) is 3. The molecule has 0 radical (unpaired) electrons. The van der Waals surface area contributed by atoms with Gasteiger partial charge in [0.05, 0.1) is 11.4 Å². The van der Waals surface area contributed by atoms with Gasteiger partial charge in [0, 0.05) is 12.1 Å². The van der Waals surface area contributed by atoms with E-state index in [0.717, 1.165) is 23.5 Å². The van der Waals surface area contributed by atoms with Gasteiger partial charge in [-0.3, -0.25) is 5.01 Å². The van der Waals surface area contributed by atoms with E-state index >= 15 is 0 Å². The van der Waals surface area contributed by atoms with Crippen molar-refractivity contribution >= 4 is 11.4 Å². The molecule has 18 heavy (non-hydrogen) atoms. The molecule has 2 aliphatic rings. The van der Waals surface area contributed by atoms with Gasteiger partial charge in [0.15, 0.2) is 0 Å². The van der Waals surface area contributed by atoms with Crippen molar-refractivity contribution in [3.63, 3.8) is 0 Å². The predicted molar refractivity (Wildman–Crippen MR) is 71.9 cm³/mol. The second-order valence-electron chi connectivity index (χ2n) is 6.02. The molecule has 1 fully saturated rings. The summed E-state index contributed by atoms with van der Waals surface area (Å²) in [6.07, 6.45) is 3.83. The van der Waals surface area contributed by atoms with Crippen LogP contribution in [-0.2, 0) is 0 Å². The van der Waals surface area contributed by atoms with E-state index in [1.165, 1.54) is 19.3 Å². The molecule has 98 valence electrons. The third-order valence-electron chi connectivity index (χ3n) is 4.34. The standard InChI is InChI=1S/C14H20FN3/c1-9-7-11-13(10(2)12(9)15)18(17-16-11)8-14(3)5-4-6-14/h7,16-17H,4-6,8H2,1-3H3. The van der Waals surface area contributed by atoms with Crippen molar-refractivity contribution < 1.29 is 4.39 Å². The first-order valence-electron chi connectivity index (χ1n) is 6.59. The summed E-state index contributed by atoms with van der Waals surface area (Å²) < 4.78 is 14.0. The average molecular weight is 249 g/mol. The molecule has 1 aromatic rings. The lowest BCUT2D eigenvalue weighted by molar-refractivity contribution is 0.166. The van der Waals surface area contributed by atoms with Gasteiger partial charge in [-0.25, -0.2) is 4.39 Å². The summed E-state index contributed by atoms with van der Waals surface area (Å²) in [5.74, 6) is -0.0944. The van der Waals surface area contributed by atoms with Crippen LogP contribution in [0.5, 0.6) is 0 Å². The Labute approximate surface area is 107 Å². The minimum Gasteiger partial charge on any atom is -0.302 e. The lowest BCUT2D eigenvalue weighted by Crippen LogP contribution is -2.46. The van der Waals surface area contributed by atoms with E-state index in [2.05, 4.69) is 22.9 Å². The van der Waals surface area contributed by atoms with Gasteiger partial charge in [-0.1, -0.05) is 13.3 Å². The zero-order chi connectivity index (χ0) is 12.9. The topological polar surface area (TPSA) is 27.3 Å². The number of nitrogens with zero attached hydrogens (tertiary/aromatic N) is 1. The summed E-state index contributed by atoms with van der Waals surface area (Å²) in [4.78, 5) is 0. The lowest BCUT2D eigenvalue weighted by Gasteiger charge is -2.41. The summed E-state index contributed by atoms with van der Waals surface area (Å²) in [5.41, 5.74) is 10.0. The lowest BCUT2D eigenvalue weighted by atomic mass is 9.70. The Morgan fingerprint density at radius 1 is 1.39 bits per heavy atom. The van der Waals surface area contributed by atoms with E-state index in [1.807, 2.05) is 13.0 Å². The summed E-state index contributed by atoms with van der Waals surface area (Å²) in [7, 11) is 0. The zero-order valence-electron chi connectivity index (χ0n) is 11.2. The van der Waals surface area contributed by atoms with Crippen LogP contribution in [0.2, 0.25) is 0 Å². The number of hydrogen-bond donors (Lipinski definition) is 2.